The summed E-state index contributed by atoms with van der Waals surface area (Å²) in [5.41, 5.74) is 7.97. The molecular formula is C27H32FN7O5S. The van der Waals surface area contributed by atoms with E-state index in [2.05, 4.69) is 30.5 Å². The molecule has 5 amide bonds. The number of aryl methyl sites for hydroxylation is 2. The zero-order valence-corrected chi connectivity index (χ0v) is 23.5. The third kappa shape index (κ3) is 8.36. The van der Waals surface area contributed by atoms with Crippen LogP contribution in [-0.4, -0.2) is 66.8 Å². The van der Waals surface area contributed by atoms with Gasteiger partial charge in [-0.05, 0) is 73.7 Å². The molecule has 2 aromatic carbocycles. The maximum absolute atomic E-state index is 14.0. The molecular weight excluding hydrogens is 553 g/mol. The highest BCUT2D eigenvalue weighted by molar-refractivity contribution is 7.10. The Hall–Kier alpha value is -4.27. The Bertz CT molecular complexity index is 1410. The molecule has 41 heavy (non-hydrogen) atoms. The third-order valence-electron chi connectivity index (χ3n) is 6.22. The van der Waals surface area contributed by atoms with Crippen LogP contribution in [0.4, 0.5) is 36.0 Å². The predicted octanol–water partition coefficient (Wildman–Crippen LogP) is 4.51. The summed E-state index contributed by atoms with van der Waals surface area (Å²) < 4.78 is 28.8. The maximum Gasteiger partial charge on any atom is 0.410 e. The fourth-order valence-electron chi connectivity index (χ4n) is 4.22. The lowest BCUT2D eigenvalue weighted by Crippen LogP contribution is -2.38. The van der Waals surface area contributed by atoms with Crippen LogP contribution in [0.5, 0.6) is 5.75 Å². The van der Waals surface area contributed by atoms with Gasteiger partial charge in [0.25, 0.3) is 0 Å². The lowest BCUT2D eigenvalue weighted by molar-refractivity contribution is 0.0375. The molecule has 0 spiro atoms. The van der Waals surface area contributed by atoms with E-state index in [9.17, 15) is 18.8 Å². The van der Waals surface area contributed by atoms with Gasteiger partial charge in [0, 0.05) is 30.9 Å². The Balaban J connectivity index is 1.40. The molecule has 12 nitrogen and oxygen atoms in total. The lowest BCUT2D eigenvalue weighted by atomic mass is 10.1. The second-order valence-corrected chi connectivity index (χ2v) is 10.2. The zero-order chi connectivity index (χ0) is 29.4. The molecule has 0 atom stereocenters. The lowest BCUT2D eigenvalue weighted by Gasteiger charge is -2.26. The number of benzene rings is 2. The summed E-state index contributed by atoms with van der Waals surface area (Å²) in [5, 5.41) is 10.6. The van der Waals surface area contributed by atoms with E-state index < -0.39 is 24.0 Å². The third-order valence-corrected chi connectivity index (χ3v) is 7.09. The molecule has 4 rings (SSSR count). The minimum absolute atomic E-state index is 0.0161. The van der Waals surface area contributed by atoms with Crippen molar-refractivity contribution in [3.8, 4) is 16.2 Å². The predicted molar refractivity (Wildman–Crippen MR) is 155 cm³/mol. The Kier molecular flexibility index (Phi) is 10.1. The van der Waals surface area contributed by atoms with Crippen LogP contribution < -0.4 is 31.7 Å². The molecule has 1 saturated heterocycles. The number of aromatic nitrogens is 1. The number of carbonyl (C=O) groups excluding carboxylic acids is 3. The number of halogens is 1. The highest BCUT2D eigenvalue weighted by Gasteiger charge is 2.22. The van der Waals surface area contributed by atoms with Crippen molar-refractivity contribution in [2.75, 3.05) is 55.3 Å². The number of primary amides is 1. The molecule has 1 fully saturated rings. The molecule has 3 aromatic rings. The summed E-state index contributed by atoms with van der Waals surface area (Å²) in [6.07, 6.45) is -0.297. The number of rotatable bonds is 9. The number of hydrogen-bond acceptors (Lipinski definition) is 8. The van der Waals surface area contributed by atoms with Gasteiger partial charge in [-0.2, -0.15) is 4.37 Å². The molecule has 0 bridgehead atoms. The van der Waals surface area contributed by atoms with Crippen LogP contribution in [0, 0.1) is 19.7 Å². The van der Waals surface area contributed by atoms with Gasteiger partial charge < -0.3 is 31.2 Å². The molecule has 0 aliphatic carbocycles. The van der Waals surface area contributed by atoms with Gasteiger partial charge in [0.2, 0.25) is 0 Å². The number of hydrogen-bond donors (Lipinski definition) is 5. The molecule has 1 aliphatic heterocycles. The van der Waals surface area contributed by atoms with Crippen molar-refractivity contribution in [3.63, 3.8) is 0 Å². The molecule has 0 radical (unpaired) electrons. The number of nitrogens with one attached hydrogen (secondary N) is 4. The number of morpholine rings is 1. The van der Waals surface area contributed by atoms with Crippen LogP contribution >= 0.6 is 11.5 Å². The largest absolute Gasteiger partial charge is 0.410 e. The first-order chi connectivity index (χ1) is 19.7. The number of nitrogens with zero attached hydrogens (tertiary/aromatic N) is 2. The smallest absolute Gasteiger partial charge is 0.405 e. The van der Waals surface area contributed by atoms with Crippen LogP contribution in [0.25, 0.3) is 10.4 Å². The van der Waals surface area contributed by atoms with Crippen molar-refractivity contribution < 1.29 is 28.2 Å². The van der Waals surface area contributed by atoms with Crippen molar-refractivity contribution in [1.82, 2.24) is 14.6 Å². The number of nitrogens with two attached hydrogens (primary N) is 1. The fraction of sp³-hybridized carbons (Fsp3) is 0.333. The standard InChI is InChI=1S/C27H32FN7O5S/c1-16-4-7-20(28)21(14-16)32-27(38)31-18-5-6-19(17(2)15-18)23-22(40-25(29)36)24(34-41-23)33-26(37)30-8-3-9-35-10-12-39-13-11-35/h4-7,14-15H,3,8-13H2,1-2H3,(H2,29,36)(H2,31,32,38)(H2,30,33,34,37). The number of amides is 5. The fourth-order valence-corrected chi connectivity index (χ4v) is 5.08. The van der Waals surface area contributed by atoms with Crippen LogP contribution in [0.3, 0.4) is 0 Å². The Morgan fingerprint density at radius 3 is 2.59 bits per heavy atom. The summed E-state index contributed by atoms with van der Waals surface area (Å²) in [6, 6.07) is 8.35. The summed E-state index contributed by atoms with van der Waals surface area (Å²) in [4.78, 5) is 39.3. The number of urea groups is 2. The number of carbonyl (C=O) groups is 3. The zero-order valence-electron chi connectivity index (χ0n) is 22.7. The minimum atomic E-state index is -1.06. The average Bonchev–Trinajstić information content (AvgIpc) is 3.30. The quantitative estimate of drug-likeness (QED) is 0.231. The van der Waals surface area contributed by atoms with Crippen LogP contribution in [-0.2, 0) is 4.74 Å². The van der Waals surface area contributed by atoms with Crippen LogP contribution in [0.2, 0.25) is 0 Å². The average molecular weight is 586 g/mol. The van der Waals surface area contributed by atoms with E-state index in [1.165, 1.54) is 12.1 Å². The van der Waals surface area contributed by atoms with Crippen LogP contribution in [0.15, 0.2) is 36.4 Å². The van der Waals surface area contributed by atoms with Gasteiger partial charge >= 0.3 is 18.2 Å². The first-order valence-electron chi connectivity index (χ1n) is 13.0. The van der Waals surface area contributed by atoms with Gasteiger partial charge in [-0.15, -0.1) is 0 Å². The Labute approximate surface area is 240 Å². The molecule has 6 N–H and O–H groups in total. The topological polar surface area (TPSA) is 160 Å². The van der Waals surface area contributed by atoms with E-state index in [-0.39, 0.29) is 17.3 Å². The Morgan fingerprint density at radius 1 is 1.07 bits per heavy atom. The van der Waals surface area contributed by atoms with E-state index in [1.807, 2.05) is 0 Å². The summed E-state index contributed by atoms with van der Waals surface area (Å²) in [7, 11) is 0. The van der Waals surface area contributed by atoms with Crippen molar-refractivity contribution >= 4 is 46.9 Å². The Morgan fingerprint density at radius 2 is 1.85 bits per heavy atom. The first-order valence-corrected chi connectivity index (χ1v) is 13.7. The van der Waals surface area contributed by atoms with Gasteiger partial charge in [0.05, 0.1) is 18.9 Å². The maximum atomic E-state index is 14.0. The molecule has 1 aliphatic rings. The van der Waals surface area contributed by atoms with Crippen molar-refractivity contribution in [2.24, 2.45) is 5.73 Å². The van der Waals surface area contributed by atoms with Crippen LogP contribution in [0.1, 0.15) is 17.5 Å². The van der Waals surface area contributed by atoms with Gasteiger partial charge in [-0.25, -0.2) is 18.8 Å². The van der Waals surface area contributed by atoms with E-state index in [0.717, 1.165) is 43.2 Å². The summed E-state index contributed by atoms with van der Waals surface area (Å²) >= 11 is 1.01. The molecule has 14 heteroatoms. The molecule has 218 valence electrons. The van der Waals surface area contributed by atoms with Crippen molar-refractivity contribution in [3.05, 3.63) is 53.3 Å². The second-order valence-electron chi connectivity index (χ2n) is 9.39. The van der Waals surface area contributed by atoms with Crippen molar-refractivity contribution in [1.29, 1.82) is 0 Å². The number of ether oxygens (including phenoxy) is 2. The molecule has 2 heterocycles. The second kappa shape index (κ2) is 13.9. The first kappa shape index (κ1) is 29.7. The molecule has 0 saturated carbocycles. The molecule has 0 unspecified atom stereocenters. The highest BCUT2D eigenvalue weighted by Crippen LogP contribution is 2.42. The number of anilines is 3. The van der Waals surface area contributed by atoms with Gasteiger partial charge in [-0.3, -0.25) is 10.2 Å². The summed E-state index contributed by atoms with van der Waals surface area (Å²) in [6.45, 7) is 8.05. The summed E-state index contributed by atoms with van der Waals surface area (Å²) in [5.74, 6) is -0.478. The van der Waals surface area contributed by atoms with Gasteiger partial charge in [-0.1, -0.05) is 12.1 Å². The highest BCUT2D eigenvalue weighted by atomic mass is 32.1. The normalized spacial score (nSPS) is 13.3. The van der Waals surface area contributed by atoms with Gasteiger partial charge in [0.1, 0.15) is 10.7 Å². The van der Waals surface area contributed by atoms with Gasteiger partial charge in [0.15, 0.2) is 11.6 Å². The SMILES string of the molecule is Cc1ccc(F)c(NC(=O)Nc2ccc(-c3snc(NC(=O)NCCCN4CCOCC4)c3OC(N)=O)c(C)c2)c1. The van der Waals surface area contributed by atoms with E-state index in [0.29, 0.717) is 41.4 Å². The molecule has 1 aromatic heterocycles. The monoisotopic (exact) mass is 585 g/mol. The minimum Gasteiger partial charge on any atom is -0.405 e. The van der Waals surface area contributed by atoms with E-state index in [1.54, 1.807) is 38.1 Å². The van der Waals surface area contributed by atoms with E-state index >= 15 is 0 Å². The van der Waals surface area contributed by atoms with E-state index in [4.69, 9.17) is 15.2 Å². The van der Waals surface area contributed by atoms with Crippen molar-refractivity contribution in [2.45, 2.75) is 20.3 Å².